The maximum absolute atomic E-state index is 13.5. The van der Waals surface area contributed by atoms with Crippen molar-refractivity contribution in [3.05, 3.63) is 59.6 Å². The quantitative estimate of drug-likeness (QED) is 0.244. The van der Waals surface area contributed by atoms with Gasteiger partial charge in [0.2, 0.25) is 11.0 Å². The van der Waals surface area contributed by atoms with Crippen molar-refractivity contribution in [1.29, 1.82) is 0 Å². The second-order valence-electron chi connectivity index (χ2n) is 9.82. The Labute approximate surface area is 246 Å². The first-order chi connectivity index (χ1) is 20.5. The largest absolute Gasteiger partial charge is 0.493 e. The van der Waals surface area contributed by atoms with Crippen LogP contribution in [0, 0.1) is 0 Å². The molecule has 1 aliphatic heterocycles. The number of ether oxygens (including phenoxy) is 3. The number of benzene rings is 2. The third-order valence-corrected chi connectivity index (χ3v) is 8.36. The van der Waals surface area contributed by atoms with Crippen molar-refractivity contribution >= 4 is 39.0 Å². The average molecular weight is 588 g/mol. The number of pyridine rings is 1. The van der Waals surface area contributed by atoms with Gasteiger partial charge in [0.1, 0.15) is 9.71 Å². The number of hydrogen-bond acceptors (Lipinski definition) is 10. The highest BCUT2D eigenvalue weighted by molar-refractivity contribution is 7.21. The minimum Gasteiger partial charge on any atom is -0.493 e. The van der Waals surface area contributed by atoms with E-state index in [1.54, 1.807) is 32.3 Å². The minimum atomic E-state index is -0.408. The maximum Gasteiger partial charge on any atom is 0.306 e. The Morgan fingerprint density at radius 1 is 1.00 bits per heavy atom. The molecule has 0 spiro atoms. The molecule has 3 aromatic heterocycles. The van der Waals surface area contributed by atoms with Gasteiger partial charge in [-0.05, 0) is 48.6 Å². The van der Waals surface area contributed by atoms with Crippen LogP contribution in [0.15, 0.2) is 59.3 Å². The highest BCUT2D eigenvalue weighted by Gasteiger charge is 2.27. The normalized spacial score (nSPS) is 13.3. The number of hydrogen-bond donors (Lipinski definition) is 2. The Morgan fingerprint density at radius 2 is 1.71 bits per heavy atom. The molecule has 216 valence electrons. The second-order valence-corrected chi connectivity index (χ2v) is 10.8. The number of nitrogens with two attached hydrogens (primary N) is 1. The molecule has 1 saturated heterocycles. The van der Waals surface area contributed by atoms with Crippen LogP contribution in [-0.2, 0) is 0 Å². The van der Waals surface area contributed by atoms with Crippen molar-refractivity contribution < 1.29 is 28.3 Å². The van der Waals surface area contributed by atoms with Gasteiger partial charge in [0, 0.05) is 10.9 Å². The number of thiophene rings is 1. The summed E-state index contributed by atoms with van der Waals surface area (Å²) in [6.07, 6.45) is 5.04. The molecule has 3 N–H and O–H groups in total. The number of carbonyl (C=O) groups excluding carboxylic acids is 1. The van der Waals surface area contributed by atoms with Crippen LogP contribution in [0.3, 0.4) is 0 Å². The molecule has 0 aliphatic carbocycles. The van der Waals surface area contributed by atoms with Crippen molar-refractivity contribution in [2.24, 2.45) is 0 Å². The molecule has 1 fully saturated rings. The fourth-order valence-electron chi connectivity index (χ4n) is 5.19. The van der Waals surface area contributed by atoms with Crippen molar-refractivity contribution in [1.82, 2.24) is 10.3 Å². The second kappa shape index (κ2) is 11.6. The summed E-state index contributed by atoms with van der Waals surface area (Å²) in [7, 11) is 4.69. The molecular weight excluding hydrogens is 556 g/mol. The summed E-state index contributed by atoms with van der Waals surface area (Å²) in [5.74, 6) is 1.29. The van der Waals surface area contributed by atoms with Crippen molar-refractivity contribution in [2.45, 2.75) is 19.3 Å². The summed E-state index contributed by atoms with van der Waals surface area (Å²) < 4.78 is 22.2. The molecule has 4 heterocycles. The molecule has 0 radical (unpaired) electrons. The number of anilines is 2. The fourth-order valence-corrected chi connectivity index (χ4v) is 6.20. The molecule has 0 atom stereocenters. The van der Waals surface area contributed by atoms with Crippen LogP contribution < -0.4 is 35.1 Å². The number of amides is 1. The number of piperidine rings is 1. The van der Waals surface area contributed by atoms with E-state index in [0.29, 0.717) is 38.0 Å². The number of nitrogens with zero attached hydrogens (tertiary/aromatic N) is 4. The summed E-state index contributed by atoms with van der Waals surface area (Å²) in [5.41, 5.74) is 10.2. The molecule has 12 heteroatoms. The molecule has 0 unspecified atom stereocenters. The number of nitrogens with one attached hydrogen (secondary N) is 1. The van der Waals surface area contributed by atoms with Crippen molar-refractivity contribution in [3.63, 3.8) is 0 Å². The number of carbonyl (C=O) groups is 1. The van der Waals surface area contributed by atoms with Crippen LogP contribution >= 0.6 is 11.3 Å². The van der Waals surface area contributed by atoms with Crippen LogP contribution in [0.2, 0.25) is 0 Å². The predicted octanol–water partition coefficient (Wildman–Crippen LogP) is 4.89. The minimum absolute atomic E-state index is 0.227. The lowest BCUT2D eigenvalue weighted by molar-refractivity contribution is -0.759. The molecule has 11 nitrogen and oxygen atoms in total. The van der Waals surface area contributed by atoms with Gasteiger partial charge >= 0.3 is 5.88 Å². The third-order valence-electron chi connectivity index (χ3n) is 7.27. The Hall–Kier alpha value is -4.84. The Kier molecular flexibility index (Phi) is 7.53. The van der Waals surface area contributed by atoms with E-state index in [2.05, 4.69) is 15.6 Å². The van der Waals surface area contributed by atoms with E-state index in [1.807, 2.05) is 48.5 Å². The third kappa shape index (κ3) is 5.05. The van der Waals surface area contributed by atoms with Crippen LogP contribution in [-0.4, -0.2) is 50.6 Å². The molecule has 2 aromatic carbocycles. The summed E-state index contributed by atoms with van der Waals surface area (Å²) in [6.45, 7) is 1.76. The lowest BCUT2D eigenvalue weighted by Gasteiger charge is -2.17. The van der Waals surface area contributed by atoms with Gasteiger partial charge < -0.3 is 19.9 Å². The van der Waals surface area contributed by atoms with Gasteiger partial charge in [-0.25, -0.2) is 4.98 Å². The Bertz CT molecular complexity index is 1720. The molecule has 0 bridgehead atoms. The number of rotatable bonds is 8. The fraction of sp³-hybridized carbons (Fsp3) is 0.267. The molecule has 0 saturated carbocycles. The zero-order valence-electron chi connectivity index (χ0n) is 23.5. The standard InChI is InChI=1S/C30H30N6O5S/c1-38-22-14-19(15-23(39-2)27(22)40-3)20-16-21(18-10-6-4-7-11-18)32-30-25(20)26(31)28(42-30)29(37)33-24-17-36(34-41-24)35-12-8-5-9-13-35/h4,6-7,10-11,14-17H,5,8-9,12-13H2,1-3H3,(H2-,31,33,34,37)/p+1. The van der Waals surface area contributed by atoms with E-state index in [9.17, 15) is 4.79 Å². The average Bonchev–Trinajstić information content (AvgIpc) is 3.64. The summed E-state index contributed by atoms with van der Waals surface area (Å²) in [5, 5.41) is 9.61. The lowest BCUT2D eigenvalue weighted by Crippen LogP contribution is -2.60. The zero-order chi connectivity index (χ0) is 29.2. The van der Waals surface area contributed by atoms with Crippen molar-refractivity contribution in [3.8, 4) is 39.6 Å². The monoisotopic (exact) mass is 587 g/mol. The highest BCUT2D eigenvalue weighted by Crippen LogP contribution is 2.46. The van der Waals surface area contributed by atoms with Crippen LogP contribution in [0.25, 0.3) is 32.6 Å². The van der Waals surface area contributed by atoms with Crippen LogP contribution in [0.4, 0.5) is 11.6 Å². The maximum atomic E-state index is 13.5. The van der Waals surface area contributed by atoms with Gasteiger partial charge in [-0.2, -0.15) is 5.01 Å². The van der Waals surface area contributed by atoms with Gasteiger partial charge in [0.05, 0.1) is 50.6 Å². The zero-order valence-corrected chi connectivity index (χ0v) is 24.4. The summed E-state index contributed by atoms with van der Waals surface area (Å²) in [6, 6.07) is 15.5. The van der Waals surface area contributed by atoms with E-state index < -0.39 is 5.91 Å². The predicted molar refractivity (Wildman–Crippen MR) is 161 cm³/mol. The van der Waals surface area contributed by atoms with Gasteiger partial charge in [-0.3, -0.25) is 14.6 Å². The Balaban J connectivity index is 1.44. The van der Waals surface area contributed by atoms with Crippen LogP contribution in [0.5, 0.6) is 17.2 Å². The van der Waals surface area contributed by atoms with Crippen LogP contribution in [0.1, 0.15) is 28.9 Å². The lowest BCUT2D eigenvalue weighted by atomic mass is 9.98. The van der Waals surface area contributed by atoms with Crippen molar-refractivity contribution in [2.75, 3.05) is 50.5 Å². The molecule has 1 aliphatic rings. The molecular formula is C30H31N6O5S+. The SMILES string of the molecule is COc1cc(-c2cc(-c3ccccc3)nc3sc(C(=O)Nc4c[n+](N5CCCCC5)no4)c(N)c23)cc(OC)c1OC. The number of aromatic nitrogens is 3. The Morgan fingerprint density at radius 3 is 2.38 bits per heavy atom. The molecule has 42 heavy (non-hydrogen) atoms. The number of nitrogen functional groups attached to an aromatic ring is 1. The number of fused-ring (bicyclic) bond motifs is 1. The van der Waals surface area contributed by atoms with Gasteiger partial charge in [-0.15, -0.1) is 11.3 Å². The van der Waals surface area contributed by atoms with Gasteiger partial charge in [-0.1, -0.05) is 30.3 Å². The van der Waals surface area contributed by atoms with E-state index in [0.717, 1.165) is 48.3 Å². The smallest absolute Gasteiger partial charge is 0.306 e. The first kappa shape index (κ1) is 27.3. The van der Waals surface area contributed by atoms with E-state index >= 15 is 0 Å². The summed E-state index contributed by atoms with van der Waals surface area (Å²) in [4.78, 5) is 21.0. The van der Waals surface area contributed by atoms with E-state index in [1.165, 1.54) is 17.8 Å². The van der Waals surface area contributed by atoms with Gasteiger partial charge in [0.25, 0.3) is 12.1 Å². The molecule has 1 amide bonds. The first-order valence-corrected chi connectivity index (χ1v) is 14.4. The first-order valence-electron chi connectivity index (χ1n) is 13.5. The van der Waals surface area contributed by atoms with E-state index in [4.69, 9.17) is 29.5 Å². The number of methoxy groups -OCH3 is 3. The highest BCUT2D eigenvalue weighted by atomic mass is 32.1. The summed E-state index contributed by atoms with van der Waals surface area (Å²) >= 11 is 1.22. The molecule has 6 rings (SSSR count). The van der Waals surface area contributed by atoms with E-state index in [-0.39, 0.29) is 5.88 Å². The topological polar surface area (TPSA) is 129 Å². The molecule has 5 aromatic rings. The van der Waals surface area contributed by atoms with Gasteiger partial charge in [0.15, 0.2) is 11.5 Å².